The van der Waals surface area contributed by atoms with Crippen molar-refractivity contribution in [1.29, 1.82) is 0 Å². The molecule has 1 aromatic heterocycles. The topological polar surface area (TPSA) is 50.9 Å². The number of hydrogen-bond acceptors (Lipinski definition) is 3. The van der Waals surface area contributed by atoms with Crippen LogP contribution in [-0.2, 0) is 0 Å². The van der Waals surface area contributed by atoms with Gasteiger partial charge in [0.05, 0.1) is 12.2 Å². The molecule has 0 spiro atoms. The highest BCUT2D eigenvalue weighted by atomic mass is 19.1. The molecule has 3 N–H and O–H groups in total. The van der Waals surface area contributed by atoms with E-state index in [1.807, 2.05) is 0 Å². The summed E-state index contributed by atoms with van der Waals surface area (Å²) in [5, 5.41) is 0. The standard InChI is InChI=1S/C13H20FN3/c1-13(6-3-2-4-7-13)12(17-15)10-5-8-16-9-11(10)14/h5,8-9,12,17H,2-4,6-7,15H2,1H3. The van der Waals surface area contributed by atoms with E-state index in [0.717, 1.165) is 12.8 Å². The summed E-state index contributed by atoms with van der Waals surface area (Å²) in [4.78, 5) is 3.79. The van der Waals surface area contributed by atoms with Crippen molar-refractivity contribution in [2.45, 2.75) is 45.1 Å². The van der Waals surface area contributed by atoms with Crippen LogP contribution in [0.5, 0.6) is 0 Å². The van der Waals surface area contributed by atoms with Crippen molar-refractivity contribution < 1.29 is 4.39 Å². The van der Waals surface area contributed by atoms with Crippen molar-refractivity contribution in [3.05, 3.63) is 29.8 Å². The second-order valence-corrected chi connectivity index (χ2v) is 5.21. The van der Waals surface area contributed by atoms with Gasteiger partial charge in [0.25, 0.3) is 0 Å². The first-order valence-corrected chi connectivity index (χ1v) is 6.23. The molecule has 0 aliphatic heterocycles. The highest BCUT2D eigenvalue weighted by Gasteiger charge is 2.37. The lowest BCUT2D eigenvalue weighted by Gasteiger charge is -2.40. The Hall–Kier alpha value is -1.00. The van der Waals surface area contributed by atoms with Crippen LogP contribution in [0.2, 0.25) is 0 Å². The van der Waals surface area contributed by atoms with Gasteiger partial charge in [0.15, 0.2) is 0 Å². The number of halogens is 1. The minimum atomic E-state index is -0.276. The van der Waals surface area contributed by atoms with Crippen molar-refractivity contribution >= 4 is 0 Å². The number of nitrogens with two attached hydrogens (primary N) is 1. The van der Waals surface area contributed by atoms with Crippen LogP contribution in [-0.4, -0.2) is 4.98 Å². The molecule has 1 aromatic rings. The van der Waals surface area contributed by atoms with Crippen LogP contribution in [0, 0.1) is 11.2 Å². The van der Waals surface area contributed by atoms with Gasteiger partial charge < -0.3 is 0 Å². The Morgan fingerprint density at radius 3 is 2.71 bits per heavy atom. The second-order valence-electron chi connectivity index (χ2n) is 5.21. The predicted octanol–water partition coefficient (Wildman–Crippen LogP) is 2.70. The molecule has 4 heteroatoms. The minimum Gasteiger partial charge on any atom is -0.271 e. The average Bonchev–Trinajstić information content (AvgIpc) is 2.33. The number of hydrogen-bond donors (Lipinski definition) is 2. The van der Waals surface area contributed by atoms with E-state index >= 15 is 0 Å². The van der Waals surface area contributed by atoms with Gasteiger partial charge in [0.2, 0.25) is 0 Å². The van der Waals surface area contributed by atoms with Crippen molar-refractivity contribution in [2.75, 3.05) is 0 Å². The molecule has 94 valence electrons. The summed E-state index contributed by atoms with van der Waals surface area (Å²) in [6.07, 6.45) is 8.71. The third-order valence-corrected chi connectivity index (χ3v) is 3.97. The van der Waals surface area contributed by atoms with Gasteiger partial charge >= 0.3 is 0 Å². The summed E-state index contributed by atoms with van der Waals surface area (Å²) >= 11 is 0. The summed E-state index contributed by atoms with van der Waals surface area (Å²) < 4.78 is 13.8. The summed E-state index contributed by atoms with van der Waals surface area (Å²) in [6.45, 7) is 2.19. The SMILES string of the molecule is CC1(C(NN)c2ccncc2F)CCCCC1. The monoisotopic (exact) mass is 237 g/mol. The van der Waals surface area contributed by atoms with E-state index in [1.165, 1.54) is 25.5 Å². The maximum absolute atomic E-state index is 13.8. The largest absolute Gasteiger partial charge is 0.271 e. The van der Waals surface area contributed by atoms with Crippen molar-refractivity contribution in [3.8, 4) is 0 Å². The molecular weight excluding hydrogens is 217 g/mol. The van der Waals surface area contributed by atoms with E-state index < -0.39 is 0 Å². The maximum atomic E-state index is 13.8. The van der Waals surface area contributed by atoms with Gasteiger partial charge in [-0.15, -0.1) is 0 Å². The van der Waals surface area contributed by atoms with Crippen LogP contribution < -0.4 is 11.3 Å². The van der Waals surface area contributed by atoms with Crippen molar-refractivity contribution in [2.24, 2.45) is 11.3 Å². The molecule has 0 radical (unpaired) electrons. The number of aromatic nitrogens is 1. The minimum absolute atomic E-state index is 0.0369. The summed E-state index contributed by atoms with van der Waals surface area (Å²) in [7, 11) is 0. The third kappa shape index (κ3) is 2.48. The Balaban J connectivity index is 2.29. The fraction of sp³-hybridized carbons (Fsp3) is 0.615. The van der Waals surface area contributed by atoms with E-state index in [1.54, 1.807) is 12.3 Å². The molecule has 1 unspecified atom stereocenters. The lowest BCUT2D eigenvalue weighted by Crippen LogP contribution is -2.41. The summed E-state index contributed by atoms with van der Waals surface area (Å²) in [6, 6.07) is 1.59. The van der Waals surface area contributed by atoms with Gasteiger partial charge in [-0.1, -0.05) is 26.2 Å². The number of pyridine rings is 1. The molecule has 1 fully saturated rings. The van der Waals surface area contributed by atoms with Gasteiger partial charge in [-0.05, 0) is 24.3 Å². The normalized spacial score (nSPS) is 21.1. The fourth-order valence-corrected chi connectivity index (χ4v) is 2.93. The highest BCUT2D eigenvalue weighted by Crippen LogP contribution is 2.45. The summed E-state index contributed by atoms with van der Waals surface area (Å²) in [5.41, 5.74) is 3.47. The molecule has 0 saturated heterocycles. The quantitative estimate of drug-likeness (QED) is 0.627. The molecule has 3 nitrogen and oxygen atoms in total. The molecule has 17 heavy (non-hydrogen) atoms. The second kappa shape index (κ2) is 5.10. The molecule has 0 bridgehead atoms. The Bertz CT molecular complexity index is 375. The lowest BCUT2D eigenvalue weighted by atomic mass is 9.69. The summed E-state index contributed by atoms with van der Waals surface area (Å²) in [5.74, 6) is 5.38. The van der Waals surface area contributed by atoms with Crippen LogP contribution in [0.1, 0.15) is 50.6 Å². The lowest BCUT2D eigenvalue weighted by molar-refractivity contribution is 0.142. The Morgan fingerprint density at radius 2 is 2.12 bits per heavy atom. The molecule has 1 saturated carbocycles. The number of rotatable bonds is 3. The van der Waals surface area contributed by atoms with E-state index in [4.69, 9.17) is 5.84 Å². The first-order valence-electron chi connectivity index (χ1n) is 6.23. The first kappa shape index (κ1) is 12.5. The first-order chi connectivity index (χ1) is 8.17. The molecular formula is C13H20FN3. The Morgan fingerprint density at radius 1 is 1.41 bits per heavy atom. The van der Waals surface area contributed by atoms with Gasteiger partial charge in [-0.3, -0.25) is 16.3 Å². The van der Waals surface area contributed by atoms with Crippen LogP contribution >= 0.6 is 0 Å². The van der Waals surface area contributed by atoms with Gasteiger partial charge in [-0.25, -0.2) is 4.39 Å². The van der Waals surface area contributed by atoms with Gasteiger partial charge in [0, 0.05) is 11.8 Å². The molecule has 1 aliphatic carbocycles. The van der Waals surface area contributed by atoms with Crippen molar-refractivity contribution in [3.63, 3.8) is 0 Å². The third-order valence-electron chi connectivity index (χ3n) is 3.97. The van der Waals surface area contributed by atoms with Crippen LogP contribution in [0.25, 0.3) is 0 Å². The van der Waals surface area contributed by atoms with E-state index in [-0.39, 0.29) is 17.3 Å². The molecule has 1 atom stereocenters. The average molecular weight is 237 g/mol. The van der Waals surface area contributed by atoms with E-state index in [2.05, 4.69) is 17.3 Å². The molecule has 1 heterocycles. The number of nitrogens with zero attached hydrogens (tertiary/aromatic N) is 1. The van der Waals surface area contributed by atoms with Gasteiger partial charge in [-0.2, -0.15) is 0 Å². The molecule has 0 aromatic carbocycles. The molecule has 1 aliphatic rings. The Kier molecular flexibility index (Phi) is 3.74. The van der Waals surface area contributed by atoms with Crippen LogP contribution in [0.4, 0.5) is 4.39 Å². The zero-order chi connectivity index (χ0) is 12.3. The zero-order valence-corrected chi connectivity index (χ0v) is 10.2. The number of hydrazine groups is 1. The zero-order valence-electron chi connectivity index (χ0n) is 10.2. The predicted molar refractivity (Wildman–Crippen MR) is 65.5 cm³/mol. The van der Waals surface area contributed by atoms with Gasteiger partial charge in [0.1, 0.15) is 5.82 Å². The highest BCUT2D eigenvalue weighted by molar-refractivity contribution is 5.20. The Labute approximate surface area is 102 Å². The van der Waals surface area contributed by atoms with Crippen molar-refractivity contribution in [1.82, 2.24) is 10.4 Å². The number of nitrogens with one attached hydrogen (secondary N) is 1. The molecule has 0 amide bonds. The van der Waals surface area contributed by atoms with E-state index in [9.17, 15) is 4.39 Å². The van der Waals surface area contributed by atoms with Crippen LogP contribution in [0.3, 0.4) is 0 Å². The maximum Gasteiger partial charge on any atom is 0.146 e. The van der Waals surface area contributed by atoms with Crippen LogP contribution in [0.15, 0.2) is 18.5 Å². The van der Waals surface area contributed by atoms with E-state index in [0.29, 0.717) is 5.56 Å². The fourth-order valence-electron chi connectivity index (χ4n) is 2.93. The smallest absolute Gasteiger partial charge is 0.146 e. The molecule has 2 rings (SSSR count).